The monoisotopic (exact) mass is 255 g/mol. The molecule has 1 N–H and O–H groups in total. The van der Waals surface area contributed by atoms with Crippen molar-refractivity contribution < 1.29 is 14.6 Å². The number of fused-ring (bicyclic) bond motifs is 1. The number of rotatable bonds is 0. The molecule has 2 rings (SSSR count). The number of likely N-dealkylation sites (tertiary alicyclic amines) is 1. The molecule has 4 nitrogen and oxygen atoms in total. The lowest BCUT2D eigenvalue weighted by Gasteiger charge is -2.36. The van der Waals surface area contributed by atoms with Crippen molar-refractivity contribution in [1.82, 2.24) is 4.90 Å². The highest BCUT2D eigenvalue weighted by Crippen LogP contribution is 2.45. The summed E-state index contributed by atoms with van der Waals surface area (Å²) in [4.78, 5) is 13.7. The molecular weight excluding hydrogens is 230 g/mol. The van der Waals surface area contributed by atoms with Gasteiger partial charge >= 0.3 is 6.09 Å². The second-order valence-electron chi connectivity index (χ2n) is 6.84. The fraction of sp³-hybridized carbons (Fsp3) is 0.929. The molecule has 0 spiro atoms. The third kappa shape index (κ3) is 2.48. The van der Waals surface area contributed by atoms with Crippen molar-refractivity contribution in [3.63, 3.8) is 0 Å². The minimum absolute atomic E-state index is 0.207. The van der Waals surface area contributed by atoms with E-state index in [1.807, 2.05) is 20.8 Å². The molecule has 1 amide bonds. The average molecular weight is 255 g/mol. The van der Waals surface area contributed by atoms with Gasteiger partial charge in [-0.15, -0.1) is 0 Å². The molecule has 2 aliphatic rings. The molecule has 0 aromatic heterocycles. The Morgan fingerprint density at radius 1 is 1.33 bits per heavy atom. The van der Waals surface area contributed by atoms with E-state index < -0.39 is 11.3 Å². The SMILES string of the molecule is CC(C)(C)OC(=O)N1CC2CCCCC2C1(C)O. The van der Waals surface area contributed by atoms with E-state index >= 15 is 0 Å². The topological polar surface area (TPSA) is 49.8 Å². The molecule has 4 heteroatoms. The van der Waals surface area contributed by atoms with Gasteiger partial charge in [-0.3, -0.25) is 4.90 Å². The summed E-state index contributed by atoms with van der Waals surface area (Å²) >= 11 is 0. The number of carbonyl (C=O) groups excluding carboxylic acids is 1. The first kappa shape index (κ1) is 13.7. The van der Waals surface area contributed by atoms with E-state index in [2.05, 4.69) is 0 Å². The molecular formula is C14H25NO3. The van der Waals surface area contributed by atoms with Crippen LogP contribution in [0.3, 0.4) is 0 Å². The van der Waals surface area contributed by atoms with E-state index in [-0.39, 0.29) is 12.0 Å². The Kier molecular flexibility index (Phi) is 3.34. The van der Waals surface area contributed by atoms with Gasteiger partial charge in [-0.05, 0) is 46.5 Å². The highest BCUT2D eigenvalue weighted by atomic mass is 16.6. The Hall–Kier alpha value is -0.770. The molecule has 104 valence electrons. The quantitative estimate of drug-likeness (QED) is 0.724. The van der Waals surface area contributed by atoms with Crippen molar-refractivity contribution in [3.8, 4) is 0 Å². The van der Waals surface area contributed by atoms with E-state index in [1.165, 1.54) is 11.3 Å². The van der Waals surface area contributed by atoms with Crippen LogP contribution in [-0.2, 0) is 4.74 Å². The first-order valence-corrected chi connectivity index (χ1v) is 6.95. The second kappa shape index (κ2) is 4.41. The standard InChI is InChI=1S/C14H25NO3/c1-13(2,3)18-12(16)15-9-10-7-5-6-8-11(10)14(15,4)17/h10-11,17H,5-9H2,1-4H3. The van der Waals surface area contributed by atoms with Gasteiger partial charge in [-0.1, -0.05) is 12.8 Å². The van der Waals surface area contributed by atoms with E-state index in [0.29, 0.717) is 12.5 Å². The second-order valence-corrected chi connectivity index (χ2v) is 6.84. The van der Waals surface area contributed by atoms with Crippen LogP contribution in [0.15, 0.2) is 0 Å². The predicted octanol–water partition coefficient (Wildman–Crippen LogP) is 2.75. The normalized spacial score (nSPS) is 36.4. The van der Waals surface area contributed by atoms with E-state index in [1.54, 1.807) is 6.92 Å². The van der Waals surface area contributed by atoms with Crippen LogP contribution in [0.2, 0.25) is 0 Å². The zero-order valence-corrected chi connectivity index (χ0v) is 11.9. The van der Waals surface area contributed by atoms with Gasteiger partial charge in [0.2, 0.25) is 0 Å². The van der Waals surface area contributed by atoms with Crippen molar-refractivity contribution in [1.29, 1.82) is 0 Å². The molecule has 0 aromatic carbocycles. The maximum atomic E-state index is 12.2. The molecule has 1 saturated heterocycles. The van der Waals surface area contributed by atoms with Crippen LogP contribution >= 0.6 is 0 Å². The molecule has 1 saturated carbocycles. The molecule has 0 aromatic rings. The number of nitrogens with zero attached hydrogens (tertiary/aromatic N) is 1. The van der Waals surface area contributed by atoms with Crippen molar-refractivity contribution >= 4 is 6.09 Å². The van der Waals surface area contributed by atoms with Gasteiger partial charge in [0.05, 0.1) is 0 Å². The summed E-state index contributed by atoms with van der Waals surface area (Å²) in [5.41, 5.74) is -1.56. The highest BCUT2D eigenvalue weighted by molar-refractivity contribution is 5.69. The zero-order chi connectivity index (χ0) is 13.6. The largest absolute Gasteiger partial charge is 0.444 e. The lowest BCUT2D eigenvalue weighted by atomic mass is 9.77. The first-order valence-electron chi connectivity index (χ1n) is 6.95. The van der Waals surface area contributed by atoms with Gasteiger partial charge in [0.1, 0.15) is 11.3 Å². The summed E-state index contributed by atoms with van der Waals surface area (Å²) < 4.78 is 5.39. The Balaban J connectivity index is 2.11. The lowest BCUT2D eigenvalue weighted by molar-refractivity contribution is -0.101. The third-order valence-corrected chi connectivity index (χ3v) is 4.19. The van der Waals surface area contributed by atoms with Gasteiger partial charge in [-0.25, -0.2) is 4.79 Å². The van der Waals surface area contributed by atoms with E-state index in [9.17, 15) is 9.90 Å². The smallest absolute Gasteiger partial charge is 0.412 e. The first-order chi connectivity index (χ1) is 8.22. The van der Waals surface area contributed by atoms with Crippen LogP contribution in [0, 0.1) is 11.8 Å². The number of hydrogen-bond donors (Lipinski definition) is 1. The Morgan fingerprint density at radius 3 is 2.50 bits per heavy atom. The number of ether oxygens (including phenoxy) is 1. The van der Waals surface area contributed by atoms with Crippen molar-refractivity contribution in [2.75, 3.05) is 6.54 Å². The fourth-order valence-corrected chi connectivity index (χ4v) is 3.34. The molecule has 1 aliphatic carbocycles. The Bertz CT molecular complexity index is 332. The number of hydrogen-bond acceptors (Lipinski definition) is 3. The summed E-state index contributed by atoms with van der Waals surface area (Å²) in [5.74, 6) is 0.639. The van der Waals surface area contributed by atoms with Crippen molar-refractivity contribution in [2.45, 2.75) is 64.7 Å². The lowest BCUT2D eigenvalue weighted by Crippen LogP contribution is -2.50. The molecule has 3 atom stereocenters. The van der Waals surface area contributed by atoms with Crippen molar-refractivity contribution in [3.05, 3.63) is 0 Å². The van der Waals surface area contributed by atoms with Crippen LogP contribution in [0.1, 0.15) is 53.4 Å². The minimum Gasteiger partial charge on any atom is -0.444 e. The summed E-state index contributed by atoms with van der Waals surface area (Å²) in [6.45, 7) is 7.94. The minimum atomic E-state index is -1.05. The molecule has 2 fully saturated rings. The van der Waals surface area contributed by atoms with E-state index in [4.69, 9.17) is 4.74 Å². The number of carbonyl (C=O) groups is 1. The van der Waals surface area contributed by atoms with Gasteiger partial charge in [0, 0.05) is 12.5 Å². The van der Waals surface area contributed by atoms with E-state index in [0.717, 1.165) is 19.3 Å². The Labute approximate surface area is 109 Å². The highest BCUT2D eigenvalue weighted by Gasteiger charge is 2.52. The number of amides is 1. The fourth-order valence-electron chi connectivity index (χ4n) is 3.34. The summed E-state index contributed by atoms with van der Waals surface area (Å²) in [6, 6.07) is 0. The van der Waals surface area contributed by atoms with Gasteiger partial charge < -0.3 is 9.84 Å². The molecule has 0 bridgehead atoms. The maximum Gasteiger partial charge on any atom is 0.412 e. The maximum absolute atomic E-state index is 12.2. The molecule has 18 heavy (non-hydrogen) atoms. The van der Waals surface area contributed by atoms with Crippen LogP contribution in [0.4, 0.5) is 4.79 Å². The summed E-state index contributed by atoms with van der Waals surface area (Å²) in [5, 5.41) is 10.6. The molecule has 1 heterocycles. The van der Waals surface area contributed by atoms with Gasteiger partial charge in [-0.2, -0.15) is 0 Å². The summed E-state index contributed by atoms with van der Waals surface area (Å²) in [6.07, 6.45) is 4.09. The van der Waals surface area contributed by atoms with Crippen LogP contribution in [0.25, 0.3) is 0 Å². The average Bonchev–Trinajstić information content (AvgIpc) is 2.49. The van der Waals surface area contributed by atoms with Crippen LogP contribution in [0.5, 0.6) is 0 Å². The van der Waals surface area contributed by atoms with Crippen LogP contribution in [-0.4, -0.2) is 34.0 Å². The number of aliphatic hydroxyl groups is 1. The third-order valence-electron chi connectivity index (χ3n) is 4.19. The van der Waals surface area contributed by atoms with Gasteiger partial charge in [0.15, 0.2) is 0 Å². The predicted molar refractivity (Wildman–Crippen MR) is 69.0 cm³/mol. The molecule has 3 unspecified atom stereocenters. The molecule has 0 radical (unpaired) electrons. The zero-order valence-electron chi connectivity index (χ0n) is 11.9. The summed E-state index contributed by atoms with van der Waals surface area (Å²) in [7, 11) is 0. The van der Waals surface area contributed by atoms with Gasteiger partial charge in [0.25, 0.3) is 0 Å². The van der Waals surface area contributed by atoms with Crippen molar-refractivity contribution in [2.24, 2.45) is 11.8 Å². The Morgan fingerprint density at radius 2 is 1.94 bits per heavy atom. The molecule has 1 aliphatic heterocycles. The van der Waals surface area contributed by atoms with Crippen LogP contribution < -0.4 is 0 Å².